The molecule has 0 aliphatic carbocycles. The fourth-order valence-electron chi connectivity index (χ4n) is 1.41. The number of halogens is 1. The number of aliphatic hydroxyl groups is 1. The van der Waals surface area contributed by atoms with Gasteiger partial charge in [-0.3, -0.25) is 4.79 Å². The molecule has 1 rings (SSSR count). The second-order valence-electron chi connectivity index (χ2n) is 3.56. The zero-order chi connectivity index (χ0) is 13.5. The third-order valence-electron chi connectivity index (χ3n) is 2.31. The number of ether oxygens (including phenoxy) is 2. The van der Waals surface area contributed by atoms with Crippen LogP contribution in [0.25, 0.3) is 0 Å². The molecule has 0 radical (unpaired) electrons. The Kier molecular flexibility index (Phi) is 5.74. The molecule has 5 nitrogen and oxygen atoms in total. The molecule has 0 atom stereocenters. The van der Waals surface area contributed by atoms with Crippen LogP contribution >= 0.6 is 11.6 Å². The van der Waals surface area contributed by atoms with Crippen molar-refractivity contribution in [3.63, 3.8) is 0 Å². The average molecular weight is 274 g/mol. The fourth-order valence-corrected chi connectivity index (χ4v) is 1.64. The molecule has 100 valence electrons. The second-order valence-corrected chi connectivity index (χ2v) is 3.97. The maximum Gasteiger partial charge on any atom is 0.224 e. The Bertz CT molecular complexity index is 423. The van der Waals surface area contributed by atoms with Gasteiger partial charge < -0.3 is 19.9 Å². The van der Waals surface area contributed by atoms with Gasteiger partial charge in [0.05, 0.1) is 24.9 Å². The quantitative estimate of drug-likeness (QED) is 0.833. The summed E-state index contributed by atoms with van der Waals surface area (Å²) in [7, 11) is 2.98. The molecule has 0 spiro atoms. The van der Waals surface area contributed by atoms with Crippen LogP contribution in [0, 0.1) is 0 Å². The number of hydrogen-bond acceptors (Lipinski definition) is 4. The summed E-state index contributed by atoms with van der Waals surface area (Å²) in [5, 5.41) is 11.7. The zero-order valence-electron chi connectivity index (χ0n) is 10.3. The maximum atomic E-state index is 11.6. The van der Waals surface area contributed by atoms with Gasteiger partial charge in [-0.15, -0.1) is 0 Å². The van der Waals surface area contributed by atoms with Crippen LogP contribution in [0.5, 0.6) is 11.5 Å². The van der Waals surface area contributed by atoms with Crippen molar-refractivity contribution < 1.29 is 19.4 Å². The third-order valence-corrected chi connectivity index (χ3v) is 2.61. The highest BCUT2D eigenvalue weighted by Gasteiger charge is 2.12. The number of benzene rings is 1. The summed E-state index contributed by atoms with van der Waals surface area (Å²) in [4.78, 5) is 11.6. The Labute approximate surface area is 111 Å². The second kappa shape index (κ2) is 7.08. The molecule has 0 aliphatic rings. The summed E-state index contributed by atoms with van der Waals surface area (Å²) in [5.74, 6) is 0.708. The maximum absolute atomic E-state index is 11.6. The lowest BCUT2D eigenvalue weighted by atomic mass is 10.2. The van der Waals surface area contributed by atoms with Crippen molar-refractivity contribution in [1.82, 2.24) is 0 Å². The monoisotopic (exact) mass is 273 g/mol. The number of anilines is 1. The van der Waals surface area contributed by atoms with E-state index in [-0.39, 0.29) is 18.9 Å². The minimum absolute atomic E-state index is 0.0194. The van der Waals surface area contributed by atoms with Gasteiger partial charge in [-0.25, -0.2) is 0 Å². The van der Waals surface area contributed by atoms with E-state index < -0.39 is 0 Å². The summed E-state index contributed by atoms with van der Waals surface area (Å²) in [5.41, 5.74) is 0.488. The van der Waals surface area contributed by atoms with Crippen LogP contribution in [-0.2, 0) is 4.79 Å². The van der Waals surface area contributed by atoms with Crippen LogP contribution in [0.3, 0.4) is 0 Å². The van der Waals surface area contributed by atoms with Crippen molar-refractivity contribution >= 4 is 23.2 Å². The van der Waals surface area contributed by atoms with Gasteiger partial charge in [0, 0.05) is 25.2 Å². The van der Waals surface area contributed by atoms with Gasteiger partial charge >= 0.3 is 0 Å². The van der Waals surface area contributed by atoms with Crippen molar-refractivity contribution in [2.45, 2.75) is 12.8 Å². The number of nitrogens with one attached hydrogen (secondary N) is 1. The van der Waals surface area contributed by atoms with Crippen LogP contribution in [0.2, 0.25) is 5.02 Å². The molecule has 6 heteroatoms. The first kappa shape index (κ1) is 14.6. The Hall–Kier alpha value is -1.46. The lowest BCUT2D eigenvalue weighted by molar-refractivity contribution is -0.116. The van der Waals surface area contributed by atoms with E-state index in [1.807, 2.05) is 0 Å². The predicted octanol–water partition coefficient (Wildman–Crippen LogP) is 2.07. The Morgan fingerprint density at radius 2 is 2.00 bits per heavy atom. The van der Waals surface area contributed by atoms with E-state index in [4.69, 9.17) is 26.2 Å². The van der Waals surface area contributed by atoms with E-state index in [2.05, 4.69) is 5.32 Å². The number of rotatable bonds is 6. The van der Waals surface area contributed by atoms with E-state index >= 15 is 0 Å². The molecule has 0 heterocycles. The fraction of sp³-hybridized carbons (Fsp3) is 0.417. The highest BCUT2D eigenvalue weighted by atomic mass is 35.5. The molecule has 0 unspecified atom stereocenters. The summed E-state index contributed by atoms with van der Waals surface area (Å²) < 4.78 is 10.2. The Balaban J connectivity index is 2.89. The number of aliphatic hydroxyl groups excluding tert-OH is 1. The molecule has 2 N–H and O–H groups in total. The first-order valence-corrected chi connectivity index (χ1v) is 5.82. The molecule has 1 amide bonds. The molecular formula is C12H16ClNO4. The number of methoxy groups -OCH3 is 2. The highest BCUT2D eigenvalue weighted by Crippen LogP contribution is 2.35. The van der Waals surface area contributed by atoms with E-state index in [1.54, 1.807) is 12.1 Å². The Morgan fingerprint density at radius 3 is 2.56 bits per heavy atom. The molecule has 0 aliphatic heterocycles. The number of carbonyl (C=O) groups excluding carboxylic acids is 1. The van der Waals surface area contributed by atoms with Crippen LogP contribution in [0.1, 0.15) is 12.8 Å². The largest absolute Gasteiger partial charge is 0.495 e. The minimum Gasteiger partial charge on any atom is -0.495 e. The summed E-state index contributed by atoms with van der Waals surface area (Å²) in [6.45, 7) is -0.0194. The zero-order valence-corrected chi connectivity index (χ0v) is 11.1. The molecule has 1 aromatic carbocycles. The molecule has 1 aromatic rings. The molecule has 0 fully saturated rings. The summed E-state index contributed by atoms with van der Waals surface area (Å²) in [6, 6.07) is 3.17. The van der Waals surface area contributed by atoms with Crippen molar-refractivity contribution in [2.24, 2.45) is 0 Å². The molecule has 0 bridgehead atoms. The van der Waals surface area contributed by atoms with Gasteiger partial charge in [0.1, 0.15) is 11.5 Å². The summed E-state index contributed by atoms with van der Waals surface area (Å²) >= 11 is 5.95. The molecule has 0 saturated heterocycles. The SMILES string of the molecule is COc1cc(NC(=O)CCCO)c(OC)cc1Cl. The van der Waals surface area contributed by atoms with Gasteiger partial charge in [-0.1, -0.05) is 11.6 Å². The standard InChI is InChI=1S/C12H16ClNO4/c1-17-10-7-9(11(18-2)6-8(10)13)14-12(16)4-3-5-15/h6-7,15H,3-5H2,1-2H3,(H,14,16). The number of carbonyl (C=O) groups is 1. The molecule has 0 saturated carbocycles. The number of hydrogen-bond donors (Lipinski definition) is 2. The van der Waals surface area contributed by atoms with Crippen molar-refractivity contribution in [3.05, 3.63) is 17.2 Å². The van der Waals surface area contributed by atoms with Crippen molar-refractivity contribution in [2.75, 3.05) is 26.1 Å². The first-order chi connectivity index (χ1) is 8.62. The molecule has 18 heavy (non-hydrogen) atoms. The van der Waals surface area contributed by atoms with E-state index in [0.717, 1.165) is 0 Å². The van der Waals surface area contributed by atoms with Gasteiger partial charge in [-0.05, 0) is 6.42 Å². The van der Waals surface area contributed by atoms with Crippen molar-refractivity contribution in [1.29, 1.82) is 0 Å². The van der Waals surface area contributed by atoms with Gasteiger partial charge in [0.25, 0.3) is 0 Å². The topological polar surface area (TPSA) is 67.8 Å². The lowest BCUT2D eigenvalue weighted by Gasteiger charge is -2.13. The van der Waals surface area contributed by atoms with Crippen LogP contribution < -0.4 is 14.8 Å². The van der Waals surface area contributed by atoms with E-state index in [0.29, 0.717) is 28.6 Å². The predicted molar refractivity (Wildman–Crippen MR) is 69.5 cm³/mol. The highest BCUT2D eigenvalue weighted by molar-refractivity contribution is 6.32. The van der Waals surface area contributed by atoms with E-state index in [9.17, 15) is 4.79 Å². The van der Waals surface area contributed by atoms with Crippen molar-refractivity contribution in [3.8, 4) is 11.5 Å². The lowest BCUT2D eigenvalue weighted by Crippen LogP contribution is -2.12. The normalized spacial score (nSPS) is 10.0. The van der Waals surface area contributed by atoms with Crippen LogP contribution in [0.4, 0.5) is 5.69 Å². The number of amides is 1. The summed E-state index contributed by atoms with van der Waals surface area (Å²) in [6.07, 6.45) is 0.656. The molecular weight excluding hydrogens is 258 g/mol. The smallest absolute Gasteiger partial charge is 0.224 e. The van der Waals surface area contributed by atoms with Gasteiger partial charge in [0.15, 0.2) is 0 Å². The first-order valence-electron chi connectivity index (χ1n) is 5.44. The molecule has 0 aromatic heterocycles. The average Bonchev–Trinajstić information content (AvgIpc) is 2.37. The Morgan fingerprint density at radius 1 is 1.33 bits per heavy atom. The van der Waals surface area contributed by atoms with Crippen LogP contribution in [0.15, 0.2) is 12.1 Å². The van der Waals surface area contributed by atoms with Gasteiger partial charge in [-0.2, -0.15) is 0 Å². The minimum atomic E-state index is -0.202. The third kappa shape index (κ3) is 3.78. The van der Waals surface area contributed by atoms with Gasteiger partial charge in [0.2, 0.25) is 5.91 Å². The van der Waals surface area contributed by atoms with E-state index in [1.165, 1.54) is 14.2 Å². The van der Waals surface area contributed by atoms with Crippen LogP contribution in [-0.4, -0.2) is 31.8 Å².